The molecule has 324 valence electrons. The lowest BCUT2D eigenvalue weighted by molar-refractivity contribution is 0.669. The highest BCUT2D eigenvalue weighted by Crippen LogP contribution is 2.42. The number of benzene rings is 9. The van der Waals surface area contributed by atoms with E-state index < -0.39 is 0 Å². The topological polar surface area (TPSA) is 61.7 Å². The Morgan fingerprint density at radius 2 is 0.913 bits per heavy atom. The molecule has 13 aromatic rings. The molecule has 0 fully saturated rings. The van der Waals surface area contributed by atoms with Gasteiger partial charge in [0.15, 0.2) is 17.5 Å². The number of fused-ring (bicyclic) bond motifs is 9. The van der Waals surface area contributed by atoms with Crippen LogP contribution in [0.2, 0.25) is 0 Å². The van der Waals surface area contributed by atoms with Crippen LogP contribution in [0, 0.1) is 0 Å². The van der Waals surface area contributed by atoms with Crippen molar-refractivity contribution in [2.45, 2.75) is 0 Å². The Bertz CT molecular complexity index is 4210. The van der Waals surface area contributed by atoms with E-state index in [4.69, 9.17) is 19.4 Å². The van der Waals surface area contributed by atoms with Gasteiger partial charge in [-0.05, 0) is 107 Å². The third-order valence-corrected chi connectivity index (χ3v) is 13.3. The molecule has 0 saturated carbocycles. The average molecular weight is 884 g/mol. The first-order valence-corrected chi connectivity index (χ1v) is 23.1. The molecule has 0 saturated heterocycles. The number of allylic oxidation sites excluding steroid dienone is 4. The van der Waals surface area contributed by atoms with Crippen LogP contribution in [0.1, 0.15) is 5.82 Å². The van der Waals surface area contributed by atoms with Gasteiger partial charge in [0, 0.05) is 60.4 Å². The van der Waals surface area contributed by atoms with E-state index in [0.29, 0.717) is 17.5 Å². The number of hydrogen-bond donors (Lipinski definition) is 0. The predicted octanol–water partition coefficient (Wildman–Crippen LogP) is 16.4. The number of nitrogens with zero attached hydrogens (tertiary/aromatic N) is 5. The smallest absolute Gasteiger partial charge is 0.164 e. The van der Waals surface area contributed by atoms with E-state index in [9.17, 15) is 0 Å². The molecule has 9 aromatic carbocycles. The second kappa shape index (κ2) is 16.2. The molecule has 0 amide bonds. The molecule has 6 heteroatoms. The Hall–Kier alpha value is -9.39. The maximum absolute atomic E-state index is 6.55. The van der Waals surface area contributed by atoms with E-state index in [1.54, 1.807) is 12.2 Å². The van der Waals surface area contributed by atoms with Gasteiger partial charge < -0.3 is 13.6 Å². The summed E-state index contributed by atoms with van der Waals surface area (Å²) in [7, 11) is 0. The molecule has 6 nitrogen and oxygen atoms in total. The van der Waals surface area contributed by atoms with Gasteiger partial charge in [-0.15, -0.1) is 0 Å². The predicted molar refractivity (Wildman–Crippen MR) is 286 cm³/mol. The number of para-hydroxylation sites is 3. The molecule has 0 spiro atoms. The van der Waals surface area contributed by atoms with Crippen molar-refractivity contribution in [3.05, 3.63) is 243 Å². The Kier molecular flexibility index (Phi) is 9.37. The van der Waals surface area contributed by atoms with Crippen molar-refractivity contribution in [1.29, 1.82) is 0 Å². The highest BCUT2D eigenvalue weighted by atomic mass is 16.3. The monoisotopic (exact) mass is 883 g/mol. The quantitative estimate of drug-likeness (QED) is 0.136. The van der Waals surface area contributed by atoms with Crippen LogP contribution in [0.25, 0.3) is 128 Å². The summed E-state index contributed by atoms with van der Waals surface area (Å²) in [6.45, 7) is 7.96. The van der Waals surface area contributed by atoms with Gasteiger partial charge >= 0.3 is 0 Å². The summed E-state index contributed by atoms with van der Waals surface area (Å²) in [5, 5.41) is 6.73. The van der Waals surface area contributed by atoms with E-state index >= 15 is 0 Å². The molecule has 13 rings (SSSR count). The molecule has 0 N–H and O–H groups in total. The van der Waals surface area contributed by atoms with Crippen molar-refractivity contribution in [1.82, 2.24) is 24.1 Å². The van der Waals surface area contributed by atoms with Crippen LogP contribution in [0.5, 0.6) is 0 Å². The molecule has 0 radical (unpaired) electrons. The molecular formula is C63H41N5O. The first kappa shape index (κ1) is 39.9. The van der Waals surface area contributed by atoms with Gasteiger partial charge in [0.2, 0.25) is 0 Å². The van der Waals surface area contributed by atoms with Crippen LogP contribution in [0.15, 0.2) is 242 Å². The van der Waals surface area contributed by atoms with Crippen LogP contribution in [0.3, 0.4) is 0 Å². The lowest BCUT2D eigenvalue weighted by Crippen LogP contribution is -2.02. The molecule has 0 aliphatic heterocycles. The Balaban J connectivity index is 0.976. The number of hydrogen-bond acceptors (Lipinski definition) is 4. The van der Waals surface area contributed by atoms with E-state index in [0.717, 1.165) is 77.7 Å². The molecule has 0 atom stereocenters. The molecule has 0 aliphatic carbocycles. The van der Waals surface area contributed by atoms with Crippen molar-refractivity contribution >= 4 is 71.1 Å². The molecule has 4 heterocycles. The van der Waals surface area contributed by atoms with Gasteiger partial charge in [-0.3, -0.25) is 0 Å². The third-order valence-electron chi connectivity index (χ3n) is 13.3. The largest absolute Gasteiger partial charge is 0.456 e. The zero-order chi connectivity index (χ0) is 46.0. The summed E-state index contributed by atoms with van der Waals surface area (Å²) in [6, 6.07) is 73.1. The van der Waals surface area contributed by atoms with Crippen molar-refractivity contribution < 1.29 is 4.42 Å². The fourth-order valence-corrected chi connectivity index (χ4v) is 10.1. The second-order valence-electron chi connectivity index (χ2n) is 17.3. The second-order valence-corrected chi connectivity index (χ2v) is 17.3. The lowest BCUT2D eigenvalue weighted by Gasteiger charge is -2.10. The summed E-state index contributed by atoms with van der Waals surface area (Å²) < 4.78 is 11.3. The van der Waals surface area contributed by atoms with Crippen LogP contribution in [-0.2, 0) is 0 Å². The van der Waals surface area contributed by atoms with Gasteiger partial charge in [-0.2, -0.15) is 0 Å². The van der Waals surface area contributed by atoms with Crippen LogP contribution >= 0.6 is 0 Å². The molecular weight excluding hydrogens is 843 g/mol. The van der Waals surface area contributed by atoms with E-state index in [-0.39, 0.29) is 0 Å². The van der Waals surface area contributed by atoms with Crippen LogP contribution < -0.4 is 0 Å². The molecule has 0 aliphatic rings. The Labute approximate surface area is 397 Å². The minimum Gasteiger partial charge on any atom is -0.456 e. The SMILES string of the molecule is C=C/C=C(\C=C)c1nc(-c2ccccc2)nc(-c2cccc3oc4ccc(-c5ccc6c(c5)c5cc(-c7ccc8c(c7)c7ccccc7n8-c7ccccc7)ccc5n6-c5ccccc5)cc4c23)n1. The van der Waals surface area contributed by atoms with Gasteiger partial charge in [-0.25, -0.2) is 15.0 Å². The molecule has 0 unspecified atom stereocenters. The average Bonchev–Trinajstić information content (AvgIpc) is 4.07. The zero-order valence-corrected chi connectivity index (χ0v) is 37.4. The highest BCUT2D eigenvalue weighted by Gasteiger charge is 2.20. The summed E-state index contributed by atoms with van der Waals surface area (Å²) >= 11 is 0. The molecule has 4 aromatic heterocycles. The minimum atomic E-state index is 0.515. The first-order chi connectivity index (χ1) is 34.1. The molecule has 69 heavy (non-hydrogen) atoms. The Morgan fingerprint density at radius 3 is 1.51 bits per heavy atom. The standard InChI is InChI=1S/C63H41N5O/c1-3-17-40(4-2)61-64-62(41-18-8-5-9-19-41)66-63(65-61)49-25-16-27-59-60(49)53-39-45(31-35-58(53)69-59)44-30-34-57-52(38-44)51-37-43(29-33-56(51)68(57)47-22-12-7-13-23-47)42-28-32-55-50(36-42)48-24-14-15-26-54(48)67(55)46-20-10-6-11-21-46/h3-39H,1-2H2/b40-17+. The minimum absolute atomic E-state index is 0.515. The van der Waals surface area contributed by atoms with Gasteiger partial charge in [0.25, 0.3) is 0 Å². The number of furan rings is 1. The van der Waals surface area contributed by atoms with E-state index in [1.165, 1.54) is 38.1 Å². The fraction of sp³-hybridized carbons (Fsp3) is 0. The van der Waals surface area contributed by atoms with Crippen molar-refractivity contribution in [2.24, 2.45) is 0 Å². The van der Waals surface area contributed by atoms with Gasteiger partial charge in [0.05, 0.1) is 22.1 Å². The number of aromatic nitrogens is 5. The van der Waals surface area contributed by atoms with Gasteiger partial charge in [0.1, 0.15) is 11.2 Å². The third kappa shape index (κ3) is 6.61. The molecule has 0 bridgehead atoms. The van der Waals surface area contributed by atoms with Crippen LogP contribution in [0.4, 0.5) is 0 Å². The van der Waals surface area contributed by atoms with E-state index in [1.807, 2.05) is 48.5 Å². The summed E-state index contributed by atoms with van der Waals surface area (Å²) in [5.74, 6) is 1.63. The first-order valence-electron chi connectivity index (χ1n) is 23.1. The van der Waals surface area contributed by atoms with Crippen molar-refractivity contribution in [2.75, 3.05) is 0 Å². The fourth-order valence-electron chi connectivity index (χ4n) is 10.1. The summed E-state index contributed by atoms with van der Waals surface area (Å²) in [6.07, 6.45) is 5.33. The maximum atomic E-state index is 6.55. The normalized spacial score (nSPS) is 12.0. The van der Waals surface area contributed by atoms with E-state index in [2.05, 4.69) is 186 Å². The lowest BCUT2D eigenvalue weighted by atomic mass is 9.98. The van der Waals surface area contributed by atoms with Crippen LogP contribution in [-0.4, -0.2) is 24.1 Å². The van der Waals surface area contributed by atoms with Gasteiger partial charge in [-0.1, -0.05) is 153 Å². The maximum Gasteiger partial charge on any atom is 0.164 e. The summed E-state index contributed by atoms with van der Waals surface area (Å²) in [5.41, 5.74) is 15.5. The summed E-state index contributed by atoms with van der Waals surface area (Å²) in [4.78, 5) is 15.0. The Morgan fingerprint density at radius 1 is 0.406 bits per heavy atom. The number of rotatable bonds is 9. The highest BCUT2D eigenvalue weighted by molar-refractivity contribution is 6.15. The van der Waals surface area contributed by atoms with Crippen molar-refractivity contribution in [3.8, 4) is 56.4 Å². The van der Waals surface area contributed by atoms with Crippen molar-refractivity contribution in [3.63, 3.8) is 0 Å². The zero-order valence-electron chi connectivity index (χ0n) is 37.4.